The van der Waals surface area contributed by atoms with Crippen LogP contribution in [-0.2, 0) is 4.79 Å². The van der Waals surface area contributed by atoms with Crippen LogP contribution in [0.4, 0.5) is 0 Å². The molecule has 2 heterocycles. The van der Waals surface area contributed by atoms with Gasteiger partial charge in [0.15, 0.2) is 5.66 Å². The number of fused-ring (bicyclic) bond motifs is 1. The lowest BCUT2D eigenvalue weighted by Gasteiger charge is -2.43. The third kappa shape index (κ3) is 3.49. The van der Waals surface area contributed by atoms with Crippen LogP contribution in [0, 0.1) is 5.41 Å². The maximum absolute atomic E-state index is 12.8. The number of rotatable bonds is 3. The van der Waals surface area contributed by atoms with Crippen molar-refractivity contribution < 1.29 is 14.4 Å². The Morgan fingerprint density at radius 1 is 1.11 bits per heavy atom. The molecule has 0 fully saturated rings. The van der Waals surface area contributed by atoms with Gasteiger partial charge in [-0.25, -0.2) is 0 Å². The minimum Gasteiger partial charge on any atom is -0.364 e. The van der Waals surface area contributed by atoms with Crippen molar-refractivity contribution in [2.75, 3.05) is 0 Å². The molecule has 3 rings (SSSR count). The van der Waals surface area contributed by atoms with Gasteiger partial charge in [-0.15, -0.1) is 12.4 Å². The van der Waals surface area contributed by atoms with E-state index in [1.54, 1.807) is 55.6 Å². The molecule has 2 N–H and O–H groups in total. The fourth-order valence-corrected chi connectivity index (χ4v) is 3.08. The molecule has 2 unspecified atom stereocenters. The highest BCUT2D eigenvalue weighted by atomic mass is 35.5. The molecule has 1 aromatic carbocycles. The normalized spacial score (nSPS) is 22.0. The zero-order valence-corrected chi connectivity index (χ0v) is 16.6. The van der Waals surface area contributed by atoms with Gasteiger partial charge in [-0.3, -0.25) is 19.3 Å². The van der Waals surface area contributed by atoms with Crippen LogP contribution in [0.15, 0.2) is 48.7 Å². The summed E-state index contributed by atoms with van der Waals surface area (Å²) in [6, 6.07) is 6.12. The first-order chi connectivity index (χ1) is 12.2. The summed E-state index contributed by atoms with van der Waals surface area (Å²) in [5, 5.41) is 6.12. The molecule has 144 valence electrons. The fourth-order valence-electron chi connectivity index (χ4n) is 3.08. The van der Waals surface area contributed by atoms with E-state index in [0.29, 0.717) is 11.1 Å². The van der Waals surface area contributed by atoms with Crippen LogP contribution >= 0.6 is 12.4 Å². The van der Waals surface area contributed by atoms with E-state index in [4.69, 9.17) is 0 Å². The minimum atomic E-state index is -1.08. The Bertz CT molecular complexity index is 806. The maximum atomic E-state index is 12.8. The second-order valence-corrected chi connectivity index (χ2v) is 7.64. The maximum Gasteiger partial charge on any atom is 0.261 e. The summed E-state index contributed by atoms with van der Waals surface area (Å²) in [5.41, 5.74) is -0.924. The van der Waals surface area contributed by atoms with Crippen LogP contribution in [0.1, 0.15) is 48.4 Å². The van der Waals surface area contributed by atoms with Crippen molar-refractivity contribution in [2.24, 2.45) is 5.41 Å². The molecular formula is C20H24ClN3O3. The molecule has 6 nitrogen and oxygen atoms in total. The van der Waals surface area contributed by atoms with Gasteiger partial charge in [-0.2, -0.15) is 0 Å². The summed E-state index contributed by atoms with van der Waals surface area (Å²) in [5.74, 6) is -0.895. The number of nitrogens with one attached hydrogen (secondary N) is 2. The van der Waals surface area contributed by atoms with Gasteiger partial charge in [0.25, 0.3) is 11.8 Å². The molecular weight excluding hydrogens is 366 g/mol. The Hall–Kier alpha value is -2.60. The first kappa shape index (κ1) is 20.7. The van der Waals surface area contributed by atoms with Gasteiger partial charge in [0.05, 0.1) is 17.2 Å². The zero-order valence-electron chi connectivity index (χ0n) is 15.8. The van der Waals surface area contributed by atoms with Crippen molar-refractivity contribution in [3.63, 3.8) is 0 Å². The predicted octanol–water partition coefficient (Wildman–Crippen LogP) is 2.62. The van der Waals surface area contributed by atoms with Crippen molar-refractivity contribution in [3.05, 3.63) is 59.8 Å². The standard InChI is InChI=1S/C20H23N3O3.ClH/c1-13(23-16(24)14-9-5-6-10-15(14)17(23)25)20(11-7-8-12-21-20)22-18(26)19(2,3)4;/h5-13,21H,1-4H3,(H,22,26);1H. The van der Waals surface area contributed by atoms with E-state index in [1.807, 2.05) is 20.8 Å². The summed E-state index contributed by atoms with van der Waals surface area (Å²) in [7, 11) is 0. The number of hydrogen-bond acceptors (Lipinski definition) is 4. The van der Waals surface area contributed by atoms with Gasteiger partial charge in [-0.05, 0) is 37.4 Å². The Morgan fingerprint density at radius 3 is 2.11 bits per heavy atom. The highest BCUT2D eigenvalue weighted by Gasteiger charge is 2.48. The van der Waals surface area contributed by atoms with E-state index < -0.39 is 17.1 Å². The van der Waals surface area contributed by atoms with Crippen molar-refractivity contribution in [1.29, 1.82) is 0 Å². The topological polar surface area (TPSA) is 78.5 Å². The number of carbonyl (C=O) groups excluding carboxylic acids is 3. The van der Waals surface area contributed by atoms with Crippen LogP contribution in [0.5, 0.6) is 0 Å². The minimum absolute atomic E-state index is 0. The third-order valence-electron chi connectivity index (χ3n) is 4.76. The number of allylic oxidation sites excluding steroid dienone is 2. The van der Waals surface area contributed by atoms with E-state index in [1.165, 1.54) is 4.90 Å². The second-order valence-electron chi connectivity index (χ2n) is 7.64. The first-order valence-electron chi connectivity index (χ1n) is 8.59. The summed E-state index contributed by atoms with van der Waals surface area (Å²) in [6.07, 6.45) is 7.03. The van der Waals surface area contributed by atoms with Gasteiger partial charge in [0, 0.05) is 5.41 Å². The van der Waals surface area contributed by atoms with Crippen LogP contribution < -0.4 is 10.6 Å². The third-order valence-corrected chi connectivity index (χ3v) is 4.76. The number of dihydropyridines is 1. The van der Waals surface area contributed by atoms with Gasteiger partial charge >= 0.3 is 0 Å². The van der Waals surface area contributed by atoms with Gasteiger partial charge in [0.1, 0.15) is 0 Å². The van der Waals surface area contributed by atoms with E-state index in [-0.39, 0.29) is 30.1 Å². The monoisotopic (exact) mass is 389 g/mol. The average molecular weight is 390 g/mol. The molecule has 1 aromatic rings. The largest absolute Gasteiger partial charge is 0.364 e. The molecule has 0 spiro atoms. The Balaban J connectivity index is 0.00000261. The molecule has 0 aliphatic carbocycles. The van der Waals surface area contributed by atoms with E-state index in [9.17, 15) is 14.4 Å². The number of nitrogens with zero attached hydrogens (tertiary/aromatic N) is 1. The van der Waals surface area contributed by atoms with Crippen LogP contribution in [0.2, 0.25) is 0 Å². The molecule has 2 aliphatic rings. The molecule has 0 saturated carbocycles. The Morgan fingerprint density at radius 2 is 1.67 bits per heavy atom. The first-order valence-corrected chi connectivity index (χ1v) is 8.59. The number of benzene rings is 1. The summed E-state index contributed by atoms with van der Waals surface area (Å²) < 4.78 is 0. The van der Waals surface area contributed by atoms with E-state index in [0.717, 1.165) is 0 Å². The van der Waals surface area contributed by atoms with Crippen molar-refractivity contribution in [1.82, 2.24) is 15.5 Å². The molecule has 2 atom stereocenters. The Labute approximate surface area is 165 Å². The predicted molar refractivity (Wildman–Crippen MR) is 105 cm³/mol. The molecule has 7 heteroatoms. The van der Waals surface area contributed by atoms with Crippen molar-refractivity contribution in [3.8, 4) is 0 Å². The highest BCUT2D eigenvalue weighted by molar-refractivity contribution is 6.21. The average Bonchev–Trinajstić information content (AvgIpc) is 2.85. The molecule has 27 heavy (non-hydrogen) atoms. The van der Waals surface area contributed by atoms with Crippen LogP contribution in [0.25, 0.3) is 0 Å². The fraction of sp³-hybridized carbons (Fsp3) is 0.350. The smallest absolute Gasteiger partial charge is 0.261 e. The summed E-state index contributed by atoms with van der Waals surface area (Å²) in [6.45, 7) is 7.18. The van der Waals surface area contributed by atoms with Gasteiger partial charge < -0.3 is 10.6 Å². The number of imide groups is 1. The van der Waals surface area contributed by atoms with Crippen molar-refractivity contribution in [2.45, 2.75) is 39.4 Å². The van der Waals surface area contributed by atoms with Crippen molar-refractivity contribution >= 4 is 30.1 Å². The number of hydrogen-bond donors (Lipinski definition) is 2. The SMILES string of the molecule is CC(N1C(=O)c2ccccc2C1=O)C1(NC(=O)C(C)(C)C)C=CC=CN1.Cl. The summed E-state index contributed by atoms with van der Waals surface area (Å²) >= 11 is 0. The van der Waals surface area contributed by atoms with Crippen LogP contribution in [0.3, 0.4) is 0 Å². The molecule has 0 aromatic heterocycles. The van der Waals surface area contributed by atoms with E-state index >= 15 is 0 Å². The number of halogens is 1. The Kier molecular flexibility index (Phi) is 5.52. The van der Waals surface area contributed by atoms with Gasteiger partial charge in [0.2, 0.25) is 5.91 Å². The molecule has 0 radical (unpaired) electrons. The lowest BCUT2D eigenvalue weighted by molar-refractivity contribution is -0.131. The number of carbonyl (C=O) groups is 3. The lowest BCUT2D eigenvalue weighted by Crippen LogP contribution is -2.69. The lowest BCUT2D eigenvalue weighted by atomic mass is 9.91. The molecule has 0 saturated heterocycles. The number of amides is 3. The van der Waals surface area contributed by atoms with E-state index in [2.05, 4.69) is 10.6 Å². The van der Waals surface area contributed by atoms with Crippen LogP contribution in [-0.4, -0.2) is 34.3 Å². The molecule has 2 aliphatic heterocycles. The van der Waals surface area contributed by atoms with Gasteiger partial charge in [-0.1, -0.05) is 39.0 Å². The summed E-state index contributed by atoms with van der Waals surface area (Å²) in [4.78, 5) is 39.5. The molecule has 3 amide bonds. The quantitative estimate of drug-likeness (QED) is 0.779. The second kappa shape index (κ2) is 7.19. The molecule has 0 bridgehead atoms. The highest BCUT2D eigenvalue weighted by Crippen LogP contribution is 2.29. The zero-order chi connectivity index (χ0) is 19.1.